The lowest BCUT2D eigenvalue weighted by Crippen LogP contribution is -2.73. The predicted octanol–water partition coefficient (Wildman–Crippen LogP) is -1.98. The summed E-state index contributed by atoms with van der Waals surface area (Å²) in [7, 11) is 0. The first-order chi connectivity index (χ1) is 22.5. The number of carbonyl (C=O) groups is 2. The van der Waals surface area contributed by atoms with Gasteiger partial charge in [-0.25, -0.2) is 0 Å². The average Bonchev–Trinajstić information content (AvgIpc) is 3.78. The molecule has 2 saturated carbocycles. The van der Waals surface area contributed by atoms with E-state index in [4.69, 9.17) is 14.2 Å². The molecule has 2 aliphatic carbocycles. The Morgan fingerprint density at radius 1 is 0.978 bits per heavy atom. The molecule has 0 bridgehead atoms. The highest BCUT2D eigenvalue weighted by Crippen LogP contribution is 2.37. The molecule has 2 amide bonds. The first-order valence-corrected chi connectivity index (χ1v) is 18.0. The molecular formula is C32H56N8O6. The van der Waals surface area contributed by atoms with Crippen molar-refractivity contribution in [3.05, 3.63) is 0 Å². The number of hydrogen-bond donors (Lipinski definition) is 6. The number of ether oxygens (including phenoxy) is 3. The molecule has 5 aliphatic heterocycles. The Morgan fingerprint density at radius 2 is 1.83 bits per heavy atom. The molecule has 0 radical (unpaired) electrons. The van der Waals surface area contributed by atoms with Gasteiger partial charge in [-0.15, -0.1) is 0 Å². The van der Waals surface area contributed by atoms with E-state index in [2.05, 4.69) is 36.4 Å². The van der Waals surface area contributed by atoms with Crippen molar-refractivity contribution < 1.29 is 28.9 Å². The third-order valence-corrected chi connectivity index (χ3v) is 11.2. The van der Waals surface area contributed by atoms with Crippen molar-refractivity contribution in [3.8, 4) is 0 Å². The van der Waals surface area contributed by atoms with Crippen LogP contribution >= 0.6 is 0 Å². The summed E-state index contributed by atoms with van der Waals surface area (Å²) in [5.41, 5.74) is 0. The Labute approximate surface area is 272 Å². The van der Waals surface area contributed by atoms with Gasteiger partial charge in [0.1, 0.15) is 6.29 Å². The zero-order valence-corrected chi connectivity index (χ0v) is 27.2. The van der Waals surface area contributed by atoms with Crippen LogP contribution in [-0.4, -0.2) is 160 Å². The monoisotopic (exact) mass is 648 g/mol. The number of likely N-dealkylation sites (tertiary alicyclic amines) is 1. The van der Waals surface area contributed by atoms with Crippen LogP contribution in [0.4, 0.5) is 0 Å². The van der Waals surface area contributed by atoms with Gasteiger partial charge in [-0.1, -0.05) is 0 Å². The van der Waals surface area contributed by atoms with E-state index in [0.717, 1.165) is 64.8 Å². The largest absolute Gasteiger partial charge is 0.390 e. The molecular weight excluding hydrogens is 592 g/mol. The maximum absolute atomic E-state index is 13.4. The van der Waals surface area contributed by atoms with Crippen molar-refractivity contribution in [1.82, 2.24) is 41.3 Å². The van der Waals surface area contributed by atoms with Crippen LogP contribution in [0.5, 0.6) is 0 Å². The van der Waals surface area contributed by atoms with Crippen LogP contribution in [0, 0.1) is 17.8 Å². The number of rotatable bonds is 12. The van der Waals surface area contributed by atoms with Crippen molar-refractivity contribution in [2.45, 2.75) is 87.8 Å². The van der Waals surface area contributed by atoms with Gasteiger partial charge in [0.25, 0.3) is 0 Å². The van der Waals surface area contributed by atoms with Gasteiger partial charge >= 0.3 is 0 Å². The quantitative estimate of drug-likeness (QED) is 0.139. The van der Waals surface area contributed by atoms with E-state index in [-0.39, 0.29) is 43.0 Å². The van der Waals surface area contributed by atoms with Crippen LogP contribution in [0.2, 0.25) is 0 Å². The number of amides is 2. The molecule has 0 spiro atoms. The number of carbonyl (C=O) groups excluding carboxylic acids is 2. The molecule has 0 aromatic heterocycles. The van der Waals surface area contributed by atoms with Crippen LogP contribution in [0.25, 0.3) is 0 Å². The number of aliphatic hydroxyl groups is 1. The van der Waals surface area contributed by atoms with Gasteiger partial charge in [-0.3, -0.25) is 35.8 Å². The number of fused-ring (bicyclic) bond motifs is 1. The highest BCUT2D eigenvalue weighted by atomic mass is 16.5. The second-order valence-corrected chi connectivity index (χ2v) is 14.7. The molecule has 7 rings (SSSR count). The molecule has 5 saturated heterocycles. The molecule has 14 heteroatoms. The first kappa shape index (κ1) is 33.1. The van der Waals surface area contributed by atoms with E-state index in [0.29, 0.717) is 76.5 Å². The van der Waals surface area contributed by atoms with E-state index in [9.17, 15) is 14.7 Å². The maximum atomic E-state index is 13.4. The number of nitrogens with one attached hydrogen (secondary N) is 5. The fourth-order valence-corrected chi connectivity index (χ4v) is 8.19. The van der Waals surface area contributed by atoms with Gasteiger partial charge in [0.15, 0.2) is 0 Å². The molecule has 46 heavy (non-hydrogen) atoms. The van der Waals surface area contributed by atoms with Crippen LogP contribution in [-0.2, 0) is 23.8 Å². The highest BCUT2D eigenvalue weighted by Gasteiger charge is 2.40. The van der Waals surface area contributed by atoms with Gasteiger partial charge in [0.05, 0.1) is 63.1 Å². The van der Waals surface area contributed by atoms with E-state index in [1.54, 1.807) is 0 Å². The third-order valence-electron chi connectivity index (χ3n) is 11.2. The predicted molar refractivity (Wildman–Crippen MR) is 169 cm³/mol. The maximum Gasteiger partial charge on any atom is 0.237 e. The van der Waals surface area contributed by atoms with Crippen molar-refractivity contribution in [2.24, 2.45) is 17.8 Å². The average molecular weight is 649 g/mol. The zero-order valence-electron chi connectivity index (χ0n) is 27.2. The lowest BCUT2D eigenvalue weighted by Gasteiger charge is -2.46. The van der Waals surface area contributed by atoms with Crippen LogP contribution < -0.4 is 26.6 Å². The molecule has 260 valence electrons. The molecule has 0 aromatic rings. The van der Waals surface area contributed by atoms with E-state index in [1.165, 1.54) is 6.42 Å². The Kier molecular flexibility index (Phi) is 11.1. The minimum absolute atomic E-state index is 0.0400. The number of piperidine rings is 1. The van der Waals surface area contributed by atoms with E-state index >= 15 is 0 Å². The topological polar surface area (TPSA) is 152 Å². The molecule has 0 aromatic carbocycles. The smallest absolute Gasteiger partial charge is 0.237 e. The van der Waals surface area contributed by atoms with Gasteiger partial charge < -0.3 is 34.4 Å². The van der Waals surface area contributed by atoms with Crippen molar-refractivity contribution in [1.29, 1.82) is 0 Å². The van der Waals surface area contributed by atoms with Gasteiger partial charge in [0, 0.05) is 64.7 Å². The molecule has 7 unspecified atom stereocenters. The number of piperazine rings is 1. The Hall–Kier alpha value is -1.46. The molecule has 7 aliphatic rings. The second-order valence-electron chi connectivity index (χ2n) is 14.7. The minimum atomic E-state index is -0.615. The van der Waals surface area contributed by atoms with Crippen molar-refractivity contribution >= 4 is 11.8 Å². The summed E-state index contributed by atoms with van der Waals surface area (Å²) in [6.45, 7) is 9.29. The molecule has 5 heterocycles. The second kappa shape index (κ2) is 15.4. The SMILES string of the molecule is O=C(NC[C@H](O)CN1CCC2CC(OCC3CNCO3)CCC2C1)C1CC(NC2COC2)NC(N2CCN(C(=O)C3CC3)CC2)N1. The number of β-amino-alcohol motifs (C(OH)–C–C–N with tert-alkyl or cyclic N) is 1. The fourth-order valence-electron chi connectivity index (χ4n) is 8.19. The van der Waals surface area contributed by atoms with Crippen molar-refractivity contribution in [2.75, 3.05) is 85.5 Å². The Balaban J connectivity index is 0.841. The van der Waals surface area contributed by atoms with E-state index < -0.39 is 12.1 Å². The number of hydrogen-bond acceptors (Lipinski definition) is 12. The van der Waals surface area contributed by atoms with Gasteiger partial charge in [-0.2, -0.15) is 0 Å². The van der Waals surface area contributed by atoms with Crippen LogP contribution in [0.15, 0.2) is 0 Å². The lowest BCUT2D eigenvalue weighted by atomic mass is 9.74. The number of nitrogens with zero attached hydrogens (tertiary/aromatic N) is 3. The summed E-state index contributed by atoms with van der Waals surface area (Å²) in [4.78, 5) is 32.7. The number of aliphatic hydroxyl groups excluding tert-OH is 1. The molecule has 6 N–H and O–H groups in total. The summed E-state index contributed by atoms with van der Waals surface area (Å²) in [5.74, 6) is 1.79. The van der Waals surface area contributed by atoms with Gasteiger partial charge in [-0.05, 0) is 56.9 Å². The van der Waals surface area contributed by atoms with Crippen molar-refractivity contribution in [3.63, 3.8) is 0 Å². The summed E-state index contributed by atoms with van der Waals surface area (Å²) < 4.78 is 17.2. The summed E-state index contributed by atoms with van der Waals surface area (Å²) in [6, 6.07) is -0.113. The third kappa shape index (κ3) is 8.57. The minimum Gasteiger partial charge on any atom is -0.390 e. The summed E-state index contributed by atoms with van der Waals surface area (Å²) >= 11 is 0. The van der Waals surface area contributed by atoms with Gasteiger partial charge in [0.2, 0.25) is 11.8 Å². The van der Waals surface area contributed by atoms with Crippen LogP contribution in [0.3, 0.4) is 0 Å². The normalized spacial score (nSPS) is 37.0. The zero-order chi connectivity index (χ0) is 31.5. The summed E-state index contributed by atoms with van der Waals surface area (Å²) in [6.07, 6.45) is 6.85. The Morgan fingerprint density at radius 3 is 2.57 bits per heavy atom. The highest BCUT2D eigenvalue weighted by molar-refractivity contribution is 5.82. The molecule has 8 atom stereocenters. The molecule has 7 fully saturated rings. The Bertz CT molecular complexity index is 1020. The van der Waals surface area contributed by atoms with E-state index in [1.807, 2.05) is 4.90 Å². The van der Waals surface area contributed by atoms with Crippen LogP contribution in [0.1, 0.15) is 44.9 Å². The summed E-state index contributed by atoms with van der Waals surface area (Å²) in [5, 5.41) is 28.0. The standard InChI is InChI=1S/C32H56N8O6/c41-25(16-38-6-5-22-11-26(4-3-23(22)15-38)45-19-27-14-33-20-46-27)13-34-30(42)28-12-29(35-24-17-44-18-24)37-32(36-28)40-9-7-39(8-10-40)31(43)21-1-2-21/h21-29,32-33,35-37,41H,1-20H2,(H,34,42)/t22?,23?,25-,26?,27?,28?,29?,32?/m0/s1. The lowest BCUT2D eigenvalue weighted by molar-refractivity contribution is -0.135. The first-order valence-electron chi connectivity index (χ1n) is 18.0. The molecule has 14 nitrogen and oxygen atoms in total. The fraction of sp³-hybridized carbons (Fsp3) is 0.938.